The number of unbranched alkanes of at least 4 members (excludes halogenated alkanes) is 1. The van der Waals surface area contributed by atoms with Crippen molar-refractivity contribution in [3.8, 4) is 5.75 Å². The van der Waals surface area contributed by atoms with Gasteiger partial charge in [-0.2, -0.15) is 0 Å². The van der Waals surface area contributed by atoms with Crippen molar-refractivity contribution in [2.45, 2.75) is 71.3 Å². The van der Waals surface area contributed by atoms with Crippen LogP contribution in [0.3, 0.4) is 0 Å². The fourth-order valence-electron chi connectivity index (χ4n) is 6.57. The maximum absolute atomic E-state index is 13.5. The Morgan fingerprint density at radius 3 is 2.67 bits per heavy atom. The number of carboxylic acids is 1. The van der Waals surface area contributed by atoms with E-state index < -0.39 is 11.9 Å². The third kappa shape index (κ3) is 6.92. The van der Waals surface area contributed by atoms with E-state index >= 15 is 0 Å². The highest BCUT2D eigenvalue weighted by Crippen LogP contribution is 2.41. The summed E-state index contributed by atoms with van der Waals surface area (Å²) in [6.45, 7) is 10.6. The van der Waals surface area contributed by atoms with E-state index in [-0.39, 0.29) is 35.7 Å². The number of nitrogens with two attached hydrogens (primary N) is 1. The summed E-state index contributed by atoms with van der Waals surface area (Å²) >= 11 is 0. The molecule has 3 N–H and O–H groups in total. The molecule has 2 fully saturated rings. The first kappa shape index (κ1) is 29.3. The van der Waals surface area contributed by atoms with Crippen LogP contribution in [0.2, 0.25) is 0 Å². The summed E-state index contributed by atoms with van der Waals surface area (Å²) in [7, 11) is 0. The van der Waals surface area contributed by atoms with Gasteiger partial charge in [0.2, 0.25) is 11.8 Å². The average Bonchev–Trinajstić information content (AvgIpc) is 3.56. The van der Waals surface area contributed by atoms with Crippen LogP contribution in [0.1, 0.15) is 69.9 Å². The Morgan fingerprint density at radius 1 is 1.23 bits per heavy atom. The van der Waals surface area contributed by atoms with Crippen molar-refractivity contribution in [1.29, 1.82) is 0 Å². The Labute approximate surface area is 232 Å². The zero-order chi connectivity index (χ0) is 28.2. The Morgan fingerprint density at radius 2 is 2.00 bits per heavy atom. The minimum absolute atomic E-state index is 0.0208. The molecule has 4 rings (SSSR count). The van der Waals surface area contributed by atoms with Gasteiger partial charge < -0.3 is 25.4 Å². The number of aliphatic carboxylic acids is 1. The second-order valence-electron chi connectivity index (χ2n) is 12.3. The van der Waals surface area contributed by atoms with Gasteiger partial charge in [-0.05, 0) is 48.4 Å². The van der Waals surface area contributed by atoms with Crippen molar-refractivity contribution in [2.75, 3.05) is 52.4 Å². The number of ether oxygens (including phenoxy) is 1. The third-order valence-corrected chi connectivity index (χ3v) is 8.58. The maximum Gasteiger partial charge on any atom is 0.308 e. The highest BCUT2D eigenvalue weighted by Gasteiger charge is 2.48. The molecular formula is C30H46N4O5. The summed E-state index contributed by atoms with van der Waals surface area (Å²) in [5, 5.41) is 10.5. The number of likely N-dealkylation sites (tertiary alicyclic amines) is 2. The number of hydrogen-bond donors (Lipinski definition) is 2. The summed E-state index contributed by atoms with van der Waals surface area (Å²) in [6.07, 6.45) is 4.50. The lowest BCUT2D eigenvalue weighted by molar-refractivity contribution is -0.144. The van der Waals surface area contributed by atoms with Crippen molar-refractivity contribution < 1.29 is 24.2 Å². The largest absolute Gasteiger partial charge is 0.493 e. The summed E-state index contributed by atoms with van der Waals surface area (Å²) < 4.78 is 5.68. The lowest BCUT2D eigenvalue weighted by Gasteiger charge is -2.31. The zero-order valence-electron chi connectivity index (χ0n) is 23.9. The molecule has 0 aliphatic carbocycles. The summed E-state index contributed by atoms with van der Waals surface area (Å²) in [4.78, 5) is 44.8. The quantitative estimate of drug-likeness (QED) is 0.394. The molecule has 0 spiro atoms. The van der Waals surface area contributed by atoms with E-state index in [4.69, 9.17) is 10.5 Å². The van der Waals surface area contributed by atoms with Crippen LogP contribution in [-0.2, 0) is 20.8 Å². The van der Waals surface area contributed by atoms with E-state index in [0.717, 1.165) is 42.6 Å². The lowest BCUT2D eigenvalue weighted by atomic mass is 9.83. The first-order chi connectivity index (χ1) is 18.6. The van der Waals surface area contributed by atoms with Crippen LogP contribution in [0.25, 0.3) is 0 Å². The molecule has 9 heteroatoms. The smallest absolute Gasteiger partial charge is 0.308 e. The second-order valence-corrected chi connectivity index (χ2v) is 12.3. The van der Waals surface area contributed by atoms with Gasteiger partial charge in [-0.25, -0.2) is 0 Å². The molecule has 3 aliphatic rings. The van der Waals surface area contributed by atoms with Gasteiger partial charge in [-0.3, -0.25) is 19.3 Å². The molecule has 3 aliphatic heterocycles. The van der Waals surface area contributed by atoms with Crippen LogP contribution in [0.15, 0.2) is 18.2 Å². The van der Waals surface area contributed by atoms with Gasteiger partial charge in [0.05, 0.1) is 19.1 Å². The average molecular weight is 543 g/mol. The van der Waals surface area contributed by atoms with Crippen molar-refractivity contribution in [3.05, 3.63) is 29.3 Å². The SMILES string of the molecule is CCCCN(CCCN)C(=O)CN1C[C@H](c2ccc3c(c2)CCO3)[C@@H](C(=O)O)[C@@H]1CCN1CC(C)(C)CC1=O. The van der Waals surface area contributed by atoms with Crippen molar-refractivity contribution in [2.24, 2.45) is 17.1 Å². The van der Waals surface area contributed by atoms with Gasteiger partial charge in [0.15, 0.2) is 0 Å². The van der Waals surface area contributed by atoms with E-state index in [2.05, 4.69) is 31.7 Å². The molecule has 0 aromatic heterocycles. The van der Waals surface area contributed by atoms with Crippen LogP contribution in [0.5, 0.6) is 5.75 Å². The standard InChI is InChI=1S/C30H46N4O5/c1-4-5-12-32(13-6-11-31)27(36)19-34-18-23(21-7-8-25-22(16-21)10-15-39-25)28(29(37)38)24(34)9-14-33-20-30(2,3)17-26(33)35/h7-8,16,23-24,28H,4-6,9-15,17-20,31H2,1-3H3,(H,37,38)/t23-,24+,28-/m1/s1. The Hall–Kier alpha value is -2.65. The number of rotatable bonds is 13. The third-order valence-electron chi connectivity index (χ3n) is 8.58. The van der Waals surface area contributed by atoms with Gasteiger partial charge >= 0.3 is 5.97 Å². The number of fused-ring (bicyclic) bond motifs is 1. The van der Waals surface area contributed by atoms with Crippen LogP contribution in [0, 0.1) is 11.3 Å². The fraction of sp³-hybridized carbons (Fsp3) is 0.700. The highest BCUT2D eigenvalue weighted by atomic mass is 16.5. The molecule has 3 heterocycles. The monoisotopic (exact) mass is 542 g/mol. The van der Waals surface area contributed by atoms with Crippen molar-refractivity contribution in [3.63, 3.8) is 0 Å². The van der Waals surface area contributed by atoms with E-state index in [1.54, 1.807) is 0 Å². The normalized spacial score (nSPS) is 24.2. The molecule has 2 saturated heterocycles. The number of hydrogen-bond acceptors (Lipinski definition) is 6. The maximum atomic E-state index is 13.5. The highest BCUT2D eigenvalue weighted by molar-refractivity contribution is 5.80. The molecular weight excluding hydrogens is 496 g/mol. The first-order valence-electron chi connectivity index (χ1n) is 14.6. The van der Waals surface area contributed by atoms with E-state index in [1.807, 2.05) is 21.9 Å². The molecule has 0 saturated carbocycles. The van der Waals surface area contributed by atoms with Crippen molar-refractivity contribution >= 4 is 17.8 Å². The molecule has 1 aromatic rings. The first-order valence-corrected chi connectivity index (χ1v) is 14.6. The molecule has 2 amide bonds. The number of amides is 2. The number of carbonyl (C=O) groups is 3. The summed E-state index contributed by atoms with van der Waals surface area (Å²) in [6, 6.07) is 5.67. The molecule has 0 unspecified atom stereocenters. The van der Waals surface area contributed by atoms with Gasteiger partial charge in [0, 0.05) is 57.5 Å². The Kier molecular flexibility index (Phi) is 9.54. The molecule has 1 aromatic carbocycles. The zero-order valence-corrected chi connectivity index (χ0v) is 23.9. The molecule has 0 radical (unpaired) electrons. The van der Waals surface area contributed by atoms with E-state index in [0.29, 0.717) is 58.7 Å². The van der Waals surface area contributed by atoms with Gasteiger partial charge in [0.25, 0.3) is 0 Å². The van der Waals surface area contributed by atoms with Crippen LogP contribution >= 0.6 is 0 Å². The molecule has 216 valence electrons. The summed E-state index contributed by atoms with van der Waals surface area (Å²) in [5.41, 5.74) is 7.76. The summed E-state index contributed by atoms with van der Waals surface area (Å²) in [5.74, 6) is -0.755. The van der Waals surface area contributed by atoms with Gasteiger partial charge in [-0.15, -0.1) is 0 Å². The van der Waals surface area contributed by atoms with Crippen molar-refractivity contribution in [1.82, 2.24) is 14.7 Å². The second kappa shape index (κ2) is 12.7. The lowest BCUT2D eigenvalue weighted by Crippen LogP contribution is -2.46. The van der Waals surface area contributed by atoms with Crippen LogP contribution in [-0.4, -0.2) is 96.1 Å². The predicted octanol–water partition coefficient (Wildman–Crippen LogP) is 2.72. The molecule has 39 heavy (non-hydrogen) atoms. The van der Waals surface area contributed by atoms with E-state index in [9.17, 15) is 19.5 Å². The van der Waals surface area contributed by atoms with Gasteiger partial charge in [-0.1, -0.05) is 39.3 Å². The topological polar surface area (TPSA) is 116 Å². The molecule has 3 atom stereocenters. The molecule has 9 nitrogen and oxygen atoms in total. The number of nitrogens with zero attached hydrogens (tertiary/aromatic N) is 3. The Balaban J connectivity index is 1.58. The molecule has 0 bridgehead atoms. The number of carboxylic acid groups (broad SMARTS) is 1. The Bertz CT molecular complexity index is 1040. The van der Waals surface area contributed by atoms with E-state index in [1.165, 1.54) is 0 Å². The van der Waals surface area contributed by atoms with Gasteiger partial charge in [0.1, 0.15) is 5.75 Å². The number of carbonyl (C=O) groups excluding carboxylic acids is 2. The van der Waals surface area contributed by atoms with Crippen LogP contribution in [0.4, 0.5) is 0 Å². The fourth-order valence-corrected chi connectivity index (χ4v) is 6.57. The van der Waals surface area contributed by atoms with Crippen LogP contribution < -0.4 is 10.5 Å². The predicted molar refractivity (Wildman–Crippen MR) is 150 cm³/mol. The minimum Gasteiger partial charge on any atom is -0.493 e. The number of benzene rings is 1. The minimum atomic E-state index is -0.851.